The molecule has 46 heavy (non-hydrogen) atoms. The zero-order valence-corrected chi connectivity index (χ0v) is 24.9. The molecule has 4 heterocycles. The second-order valence-electron chi connectivity index (χ2n) is 11.9. The zero-order valence-electron chi connectivity index (χ0n) is 24.9. The summed E-state index contributed by atoms with van der Waals surface area (Å²) < 4.78 is 0. The number of carbonyl (C=O) groups is 3. The minimum absolute atomic E-state index is 0.0824. The summed E-state index contributed by atoms with van der Waals surface area (Å²) in [6, 6.07) is 24.7. The van der Waals surface area contributed by atoms with E-state index in [2.05, 4.69) is 20.6 Å². The molecule has 8 rings (SSSR count). The van der Waals surface area contributed by atoms with E-state index in [1.807, 2.05) is 62.4 Å². The van der Waals surface area contributed by atoms with Crippen LogP contribution in [0.3, 0.4) is 0 Å². The first-order valence-corrected chi connectivity index (χ1v) is 14.7. The molecular formula is C36H30N4O6. The summed E-state index contributed by atoms with van der Waals surface area (Å²) in [6.45, 7) is 3.58. The fourth-order valence-electron chi connectivity index (χ4n) is 7.08. The average Bonchev–Trinajstić information content (AvgIpc) is 3.76. The maximum atomic E-state index is 12.4. The van der Waals surface area contributed by atoms with Crippen molar-refractivity contribution in [3.8, 4) is 11.5 Å². The molecule has 0 spiro atoms. The van der Waals surface area contributed by atoms with Gasteiger partial charge in [-0.2, -0.15) is 0 Å². The number of H-pyrrole nitrogens is 2. The van der Waals surface area contributed by atoms with Crippen LogP contribution in [0.5, 0.6) is 11.5 Å². The number of rotatable bonds is 4. The van der Waals surface area contributed by atoms with Crippen molar-refractivity contribution in [1.82, 2.24) is 20.6 Å². The van der Waals surface area contributed by atoms with Crippen molar-refractivity contribution in [2.45, 2.75) is 31.5 Å². The number of aromatic hydroxyl groups is 2. The molecule has 7 N–H and O–H groups in total. The third-order valence-corrected chi connectivity index (χ3v) is 9.09. The number of nitrogens with one attached hydrogen (secondary N) is 4. The van der Waals surface area contributed by atoms with Gasteiger partial charge in [0.2, 0.25) is 0 Å². The van der Waals surface area contributed by atoms with Crippen LogP contribution in [-0.4, -0.2) is 43.4 Å². The Bertz CT molecular complexity index is 2230. The Hall–Kier alpha value is -5.87. The topological polar surface area (TPSA) is 168 Å². The lowest BCUT2D eigenvalue weighted by atomic mass is 9.83. The molecule has 2 atom stereocenters. The van der Waals surface area contributed by atoms with Crippen molar-refractivity contribution >= 4 is 39.9 Å². The monoisotopic (exact) mass is 614 g/mol. The number of amides is 2. The number of aliphatic hydroxyl groups excluding tert-OH is 1. The number of fused-ring (bicyclic) bond motifs is 4. The number of para-hydroxylation sites is 2. The highest BCUT2D eigenvalue weighted by molar-refractivity contribution is 6.04. The Morgan fingerprint density at radius 2 is 1.15 bits per heavy atom. The summed E-state index contributed by atoms with van der Waals surface area (Å²) in [5.41, 5.74) is 5.06. The summed E-state index contributed by atoms with van der Waals surface area (Å²) in [7, 11) is 0. The van der Waals surface area contributed by atoms with Crippen molar-refractivity contribution in [3.05, 3.63) is 130 Å². The molecule has 230 valence electrons. The van der Waals surface area contributed by atoms with Crippen LogP contribution >= 0.6 is 0 Å². The molecular weight excluding hydrogens is 584 g/mol. The van der Waals surface area contributed by atoms with Crippen LogP contribution in [0.4, 0.5) is 0 Å². The quantitative estimate of drug-likeness (QED) is 0.137. The highest BCUT2D eigenvalue weighted by Crippen LogP contribution is 2.44. The van der Waals surface area contributed by atoms with Gasteiger partial charge in [0.15, 0.2) is 6.29 Å². The number of aromatic nitrogens is 2. The van der Waals surface area contributed by atoms with Gasteiger partial charge in [0, 0.05) is 49.8 Å². The van der Waals surface area contributed by atoms with Crippen LogP contribution in [0.2, 0.25) is 0 Å². The van der Waals surface area contributed by atoms with E-state index in [4.69, 9.17) is 0 Å². The Morgan fingerprint density at radius 3 is 1.67 bits per heavy atom. The molecule has 2 aliphatic heterocycles. The van der Waals surface area contributed by atoms with E-state index in [0.29, 0.717) is 39.2 Å². The highest BCUT2D eigenvalue weighted by atomic mass is 16.3. The molecule has 0 fully saturated rings. The Labute approximate surface area is 262 Å². The van der Waals surface area contributed by atoms with Crippen LogP contribution in [0.15, 0.2) is 84.9 Å². The van der Waals surface area contributed by atoms with E-state index < -0.39 is 11.1 Å². The average molecular weight is 615 g/mol. The molecule has 0 bridgehead atoms. The molecule has 2 aromatic heterocycles. The van der Waals surface area contributed by atoms with Gasteiger partial charge in [-0.15, -0.1) is 0 Å². The third-order valence-electron chi connectivity index (χ3n) is 9.09. The number of carbonyl (C=O) groups excluding carboxylic acids is 3. The number of phenols is 2. The Kier molecular flexibility index (Phi) is 6.50. The van der Waals surface area contributed by atoms with E-state index in [0.717, 1.165) is 33.7 Å². The van der Waals surface area contributed by atoms with Gasteiger partial charge in [-0.25, -0.2) is 0 Å². The minimum atomic E-state index is -0.888. The van der Waals surface area contributed by atoms with Crippen LogP contribution in [0, 0.1) is 0 Å². The first-order chi connectivity index (χ1) is 22.1. The second-order valence-corrected chi connectivity index (χ2v) is 11.9. The van der Waals surface area contributed by atoms with Gasteiger partial charge in [0.25, 0.3) is 11.8 Å². The van der Waals surface area contributed by atoms with Crippen LogP contribution < -0.4 is 10.6 Å². The van der Waals surface area contributed by atoms with Gasteiger partial charge in [0.05, 0.1) is 23.4 Å². The van der Waals surface area contributed by atoms with E-state index in [-0.39, 0.29) is 29.9 Å². The van der Waals surface area contributed by atoms with Crippen LogP contribution in [0.1, 0.15) is 73.0 Å². The molecule has 2 amide bonds. The van der Waals surface area contributed by atoms with Crippen molar-refractivity contribution in [1.29, 1.82) is 0 Å². The second kappa shape index (κ2) is 10.4. The molecule has 6 aromatic rings. The van der Waals surface area contributed by atoms with Crippen LogP contribution in [-0.2, 0) is 17.7 Å². The number of phenolic OH excluding ortho intramolecular Hbond substituents is 2. The first kappa shape index (κ1) is 28.9. The lowest BCUT2D eigenvalue weighted by Crippen LogP contribution is -2.38. The lowest BCUT2D eigenvalue weighted by molar-refractivity contribution is 0.0936. The first-order valence-electron chi connectivity index (χ1n) is 14.7. The molecule has 10 nitrogen and oxygen atoms in total. The SMILES string of the molecule is CC1(c2c(C=O)[nH]c3ccccc23)NC(=O)c2ccc(O)cc21.CC1(c2c(CO)[nH]c3ccccc23)NC(=O)c2ccc(O)cc21. The summed E-state index contributed by atoms with van der Waals surface area (Å²) in [6.07, 6.45) is 0.757. The molecule has 0 radical (unpaired) electrons. The largest absolute Gasteiger partial charge is 0.508 e. The number of hydrogen-bond acceptors (Lipinski definition) is 6. The lowest BCUT2D eigenvalue weighted by Gasteiger charge is -2.27. The van der Waals surface area contributed by atoms with Crippen molar-refractivity contribution in [3.63, 3.8) is 0 Å². The Balaban J connectivity index is 0.000000147. The highest BCUT2D eigenvalue weighted by Gasteiger charge is 2.44. The summed E-state index contributed by atoms with van der Waals surface area (Å²) in [5.74, 6) is -0.211. The Morgan fingerprint density at radius 1 is 0.674 bits per heavy atom. The van der Waals surface area contributed by atoms with Crippen molar-refractivity contribution < 1.29 is 29.7 Å². The van der Waals surface area contributed by atoms with E-state index in [9.17, 15) is 29.7 Å². The van der Waals surface area contributed by atoms with Gasteiger partial charge < -0.3 is 35.9 Å². The molecule has 0 saturated carbocycles. The molecule has 0 aliphatic carbocycles. The normalized spacial score (nSPS) is 19.7. The minimum Gasteiger partial charge on any atom is -0.508 e. The number of aromatic amines is 2. The molecule has 10 heteroatoms. The van der Waals surface area contributed by atoms with Crippen LogP contribution in [0.25, 0.3) is 21.8 Å². The molecule has 0 saturated heterocycles. The molecule has 4 aromatic carbocycles. The summed E-state index contributed by atoms with van der Waals surface area (Å²) in [4.78, 5) is 42.6. The van der Waals surface area contributed by atoms with Gasteiger partial charge in [-0.05, 0) is 73.5 Å². The number of aldehydes is 1. The van der Waals surface area contributed by atoms with Gasteiger partial charge in [-0.1, -0.05) is 36.4 Å². The van der Waals surface area contributed by atoms with Gasteiger partial charge in [-0.3, -0.25) is 14.4 Å². The summed E-state index contributed by atoms with van der Waals surface area (Å²) in [5, 5.41) is 37.2. The number of hydrogen-bond donors (Lipinski definition) is 7. The van der Waals surface area contributed by atoms with Crippen molar-refractivity contribution in [2.24, 2.45) is 0 Å². The molecule has 2 unspecified atom stereocenters. The predicted molar refractivity (Wildman–Crippen MR) is 172 cm³/mol. The predicted octanol–water partition coefficient (Wildman–Crippen LogP) is 5.07. The number of aliphatic hydroxyl groups is 1. The van der Waals surface area contributed by atoms with E-state index in [1.165, 1.54) is 12.1 Å². The third kappa shape index (κ3) is 4.18. The standard InChI is InChI=1S/C18H16N2O3.C18H14N2O3/c2*1-18(13-8-10(22)6-7-11(13)17(23)20-18)16-12-4-2-3-5-14(12)19-15(16)9-21/h2-8,19,21-22H,9H2,1H3,(H,20,23);2-9,19,22H,1H3,(H,20,23). The summed E-state index contributed by atoms with van der Waals surface area (Å²) >= 11 is 0. The van der Waals surface area contributed by atoms with E-state index >= 15 is 0 Å². The van der Waals surface area contributed by atoms with Gasteiger partial charge >= 0.3 is 0 Å². The zero-order chi connectivity index (χ0) is 32.4. The maximum Gasteiger partial charge on any atom is 0.252 e. The maximum absolute atomic E-state index is 12.4. The fraction of sp³-hybridized carbons (Fsp3) is 0.139. The molecule has 2 aliphatic rings. The smallest absolute Gasteiger partial charge is 0.252 e. The fourth-order valence-corrected chi connectivity index (χ4v) is 7.08. The van der Waals surface area contributed by atoms with Crippen molar-refractivity contribution in [2.75, 3.05) is 0 Å². The van der Waals surface area contributed by atoms with Gasteiger partial charge in [0.1, 0.15) is 11.5 Å². The van der Waals surface area contributed by atoms with E-state index in [1.54, 1.807) is 24.3 Å². The number of benzene rings is 4.